The molecule has 0 aliphatic carbocycles. The lowest BCUT2D eigenvalue weighted by atomic mass is 10.0. The van der Waals surface area contributed by atoms with Gasteiger partial charge in [0, 0.05) is 17.1 Å². The van der Waals surface area contributed by atoms with Gasteiger partial charge in [-0.05, 0) is 37.0 Å². The van der Waals surface area contributed by atoms with E-state index in [9.17, 15) is 9.59 Å². The van der Waals surface area contributed by atoms with Crippen LogP contribution in [0.15, 0.2) is 24.4 Å². The SMILES string of the molecule is COC(=O)N[C@H](C(=O)N1CCC[C@H]1c1ncc(-c2ccc(Cl)cc2Cl)[nH]1)C(C)C. The van der Waals surface area contributed by atoms with Crippen molar-refractivity contribution in [3.05, 3.63) is 40.3 Å². The van der Waals surface area contributed by atoms with E-state index in [0.717, 1.165) is 24.1 Å². The van der Waals surface area contributed by atoms with Gasteiger partial charge in [0.25, 0.3) is 0 Å². The van der Waals surface area contributed by atoms with Crippen LogP contribution in [0.25, 0.3) is 11.3 Å². The van der Waals surface area contributed by atoms with Gasteiger partial charge in [-0.2, -0.15) is 0 Å². The first-order chi connectivity index (χ1) is 13.8. The Morgan fingerprint density at radius 3 is 2.76 bits per heavy atom. The minimum atomic E-state index is -0.664. The predicted octanol–water partition coefficient (Wildman–Crippen LogP) is 4.43. The number of nitrogens with one attached hydrogen (secondary N) is 2. The number of nitrogens with zero attached hydrogens (tertiary/aromatic N) is 2. The molecule has 1 aliphatic heterocycles. The number of carbonyl (C=O) groups is 2. The Bertz CT molecular complexity index is 900. The normalized spacial score (nSPS) is 17.4. The molecule has 9 heteroatoms. The van der Waals surface area contributed by atoms with Gasteiger partial charge in [0.1, 0.15) is 11.9 Å². The summed E-state index contributed by atoms with van der Waals surface area (Å²) in [5, 5.41) is 3.73. The zero-order valence-electron chi connectivity index (χ0n) is 16.5. The van der Waals surface area contributed by atoms with Gasteiger partial charge in [-0.1, -0.05) is 37.0 Å². The molecule has 0 saturated carbocycles. The molecule has 0 radical (unpaired) electrons. The van der Waals surface area contributed by atoms with Crippen LogP contribution >= 0.6 is 23.2 Å². The van der Waals surface area contributed by atoms with E-state index in [4.69, 9.17) is 23.2 Å². The van der Waals surface area contributed by atoms with E-state index < -0.39 is 12.1 Å². The topological polar surface area (TPSA) is 87.3 Å². The molecule has 0 unspecified atom stereocenters. The smallest absolute Gasteiger partial charge is 0.407 e. The number of benzene rings is 1. The summed E-state index contributed by atoms with van der Waals surface area (Å²) >= 11 is 12.3. The monoisotopic (exact) mass is 438 g/mol. The zero-order valence-corrected chi connectivity index (χ0v) is 18.0. The van der Waals surface area contributed by atoms with Crippen LogP contribution in [0.4, 0.5) is 4.79 Å². The fourth-order valence-electron chi connectivity index (χ4n) is 3.54. The molecule has 2 heterocycles. The molecular weight excluding hydrogens is 415 g/mol. The number of hydrogen-bond acceptors (Lipinski definition) is 4. The van der Waals surface area contributed by atoms with Crippen molar-refractivity contribution in [3.8, 4) is 11.3 Å². The number of methoxy groups -OCH3 is 1. The number of alkyl carbamates (subject to hydrolysis) is 1. The molecular formula is C20H24Cl2N4O3. The largest absolute Gasteiger partial charge is 0.453 e. The Balaban J connectivity index is 1.82. The molecule has 2 amide bonds. The van der Waals surface area contributed by atoms with Crippen molar-refractivity contribution in [2.45, 2.75) is 38.8 Å². The van der Waals surface area contributed by atoms with Crippen molar-refractivity contribution in [1.82, 2.24) is 20.2 Å². The molecule has 0 bridgehead atoms. The first-order valence-corrected chi connectivity index (χ1v) is 10.2. The van der Waals surface area contributed by atoms with Gasteiger partial charge in [0.05, 0.1) is 30.1 Å². The van der Waals surface area contributed by atoms with Crippen LogP contribution in [-0.2, 0) is 9.53 Å². The lowest BCUT2D eigenvalue weighted by Crippen LogP contribution is -2.51. The summed E-state index contributed by atoms with van der Waals surface area (Å²) in [6, 6.07) is 4.41. The van der Waals surface area contributed by atoms with Crippen LogP contribution in [0.1, 0.15) is 38.6 Å². The fourth-order valence-corrected chi connectivity index (χ4v) is 4.05. The third-order valence-electron chi connectivity index (χ3n) is 5.06. The molecule has 1 saturated heterocycles. The minimum Gasteiger partial charge on any atom is -0.453 e. The maximum Gasteiger partial charge on any atom is 0.407 e. The molecule has 2 aromatic rings. The van der Waals surface area contributed by atoms with Gasteiger partial charge in [0.2, 0.25) is 5.91 Å². The van der Waals surface area contributed by atoms with E-state index in [1.54, 1.807) is 23.2 Å². The second-order valence-corrected chi connectivity index (χ2v) is 8.20. The van der Waals surface area contributed by atoms with Gasteiger partial charge in [-0.15, -0.1) is 0 Å². The van der Waals surface area contributed by atoms with Crippen LogP contribution in [0.5, 0.6) is 0 Å². The van der Waals surface area contributed by atoms with E-state index >= 15 is 0 Å². The Labute approximate surface area is 179 Å². The fraction of sp³-hybridized carbons (Fsp3) is 0.450. The Morgan fingerprint density at radius 1 is 1.34 bits per heavy atom. The molecule has 2 N–H and O–H groups in total. The van der Waals surface area contributed by atoms with Gasteiger partial charge in [-0.3, -0.25) is 4.79 Å². The summed E-state index contributed by atoms with van der Waals surface area (Å²) < 4.78 is 4.67. The Kier molecular flexibility index (Phi) is 6.70. The second kappa shape index (κ2) is 9.05. The Morgan fingerprint density at radius 2 is 2.10 bits per heavy atom. The number of rotatable bonds is 5. The van der Waals surface area contributed by atoms with Gasteiger partial charge in [-0.25, -0.2) is 9.78 Å². The van der Waals surface area contributed by atoms with Crippen LogP contribution in [0.3, 0.4) is 0 Å². The van der Waals surface area contributed by atoms with E-state index in [1.165, 1.54) is 7.11 Å². The van der Waals surface area contributed by atoms with Gasteiger partial charge < -0.3 is 19.9 Å². The average Bonchev–Trinajstić information content (AvgIpc) is 3.34. The number of imidazole rings is 1. The van der Waals surface area contributed by atoms with E-state index in [2.05, 4.69) is 20.0 Å². The zero-order chi connectivity index (χ0) is 21.1. The highest BCUT2D eigenvalue weighted by molar-refractivity contribution is 6.36. The van der Waals surface area contributed by atoms with Crippen molar-refractivity contribution in [1.29, 1.82) is 0 Å². The molecule has 0 spiro atoms. The molecule has 7 nitrogen and oxygen atoms in total. The van der Waals surface area contributed by atoms with E-state index in [-0.39, 0.29) is 17.9 Å². The molecule has 2 atom stereocenters. The summed E-state index contributed by atoms with van der Waals surface area (Å²) in [6.45, 7) is 4.38. The summed E-state index contributed by atoms with van der Waals surface area (Å²) in [5.41, 5.74) is 1.55. The molecule has 1 aromatic carbocycles. The number of likely N-dealkylation sites (tertiary alicyclic amines) is 1. The van der Waals surface area contributed by atoms with E-state index in [1.807, 2.05) is 19.9 Å². The third-order valence-corrected chi connectivity index (χ3v) is 5.61. The van der Waals surface area contributed by atoms with E-state index in [0.29, 0.717) is 22.4 Å². The van der Waals surface area contributed by atoms with Crippen LogP contribution in [0.2, 0.25) is 10.0 Å². The first kappa shape index (κ1) is 21.5. The standard InChI is InChI=1S/C20H24Cl2N4O3/c1-11(2)17(25-20(28)29-3)19(27)26-8-4-5-16(26)18-23-10-15(24-18)13-7-6-12(21)9-14(13)22/h6-7,9-11,16-17H,4-5,8H2,1-3H3,(H,23,24)(H,25,28)/t16-,17-/m0/s1. The highest BCUT2D eigenvalue weighted by atomic mass is 35.5. The van der Waals surface area contributed by atoms with Crippen LogP contribution in [-0.4, -0.2) is 46.6 Å². The number of aromatic nitrogens is 2. The van der Waals surface area contributed by atoms with Gasteiger partial charge in [0.15, 0.2) is 0 Å². The summed E-state index contributed by atoms with van der Waals surface area (Å²) in [6.07, 6.45) is 2.73. The van der Waals surface area contributed by atoms with Crippen molar-refractivity contribution in [3.63, 3.8) is 0 Å². The highest BCUT2D eigenvalue weighted by Crippen LogP contribution is 2.34. The minimum absolute atomic E-state index is 0.0807. The maximum atomic E-state index is 13.2. The molecule has 1 fully saturated rings. The molecule has 1 aliphatic rings. The molecule has 29 heavy (non-hydrogen) atoms. The van der Waals surface area contributed by atoms with Crippen molar-refractivity contribution in [2.24, 2.45) is 5.92 Å². The summed E-state index contributed by atoms with van der Waals surface area (Å²) in [4.78, 5) is 34.4. The van der Waals surface area contributed by atoms with Crippen molar-refractivity contribution >= 4 is 35.2 Å². The number of H-pyrrole nitrogens is 1. The van der Waals surface area contributed by atoms with Gasteiger partial charge >= 0.3 is 6.09 Å². The molecule has 1 aromatic heterocycles. The quantitative estimate of drug-likeness (QED) is 0.722. The number of aromatic amines is 1. The molecule has 156 valence electrons. The first-order valence-electron chi connectivity index (χ1n) is 9.47. The number of carbonyl (C=O) groups excluding carboxylic acids is 2. The third kappa shape index (κ3) is 4.67. The number of amides is 2. The predicted molar refractivity (Wildman–Crippen MR) is 112 cm³/mol. The average molecular weight is 439 g/mol. The van der Waals surface area contributed by atoms with Crippen molar-refractivity contribution < 1.29 is 14.3 Å². The van der Waals surface area contributed by atoms with Crippen LogP contribution in [0, 0.1) is 5.92 Å². The summed E-state index contributed by atoms with van der Waals surface area (Å²) in [7, 11) is 1.28. The maximum absolute atomic E-state index is 13.2. The Hall–Kier alpha value is -2.25. The lowest BCUT2D eigenvalue weighted by molar-refractivity contribution is -0.135. The number of halogens is 2. The summed E-state index contributed by atoms with van der Waals surface area (Å²) in [5.74, 6) is 0.468. The number of ether oxygens (including phenoxy) is 1. The highest BCUT2D eigenvalue weighted by Gasteiger charge is 2.37. The second-order valence-electron chi connectivity index (χ2n) is 7.35. The van der Waals surface area contributed by atoms with Crippen LogP contribution < -0.4 is 5.32 Å². The lowest BCUT2D eigenvalue weighted by Gasteiger charge is -2.30. The number of hydrogen-bond donors (Lipinski definition) is 2. The molecule has 3 rings (SSSR count). The van der Waals surface area contributed by atoms with Crippen molar-refractivity contribution in [2.75, 3.05) is 13.7 Å².